The Balaban J connectivity index is 1.43. The van der Waals surface area contributed by atoms with Crippen molar-refractivity contribution in [3.8, 4) is 5.75 Å². The minimum Gasteiger partial charge on any atom is -0.489 e. The van der Waals surface area contributed by atoms with Crippen molar-refractivity contribution in [2.24, 2.45) is 0 Å². The van der Waals surface area contributed by atoms with E-state index in [4.69, 9.17) is 9.94 Å². The Hall–Kier alpha value is -3.34. The molecule has 0 aliphatic carbocycles. The summed E-state index contributed by atoms with van der Waals surface area (Å²) >= 11 is 0. The van der Waals surface area contributed by atoms with Gasteiger partial charge in [0.1, 0.15) is 28.9 Å². The molecule has 4 rings (SSSR count). The number of aromatic nitrogens is 1. The van der Waals surface area contributed by atoms with Crippen LogP contribution < -0.4 is 14.9 Å². The Morgan fingerprint density at radius 2 is 1.97 bits per heavy atom. The number of benzene rings is 2. The molecule has 32 heavy (non-hydrogen) atoms. The number of ether oxygens (including phenoxy) is 1. The number of carbonyl (C=O) groups excluding carboxylic acids is 2. The van der Waals surface area contributed by atoms with E-state index in [0.717, 1.165) is 22.2 Å². The highest BCUT2D eigenvalue weighted by molar-refractivity contribution is 7.83. The van der Waals surface area contributed by atoms with Crippen molar-refractivity contribution < 1.29 is 23.7 Å². The lowest BCUT2D eigenvalue weighted by Crippen LogP contribution is -2.74. The molecule has 1 saturated heterocycles. The molecule has 2 heterocycles. The molecule has 10 heteroatoms. The largest absolute Gasteiger partial charge is 0.489 e. The lowest BCUT2D eigenvalue weighted by molar-refractivity contribution is -0.145. The van der Waals surface area contributed by atoms with Gasteiger partial charge in [-0.05, 0) is 43.3 Å². The fourth-order valence-corrected chi connectivity index (χ4v) is 4.73. The second kappa shape index (κ2) is 9.03. The summed E-state index contributed by atoms with van der Waals surface area (Å²) < 4.78 is 21.4. The highest BCUT2D eigenvalue weighted by Crippen LogP contribution is 2.24. The molecule has 0 spiro atoms. The number of likely N-dealkylation sites (tertiary alicyclic amines) is 1. The van der Waals surface area contributed by atoms with Gasteiger partial charge in [0.2, 0.25) is 6.41 Å². The molecular weight excluding hydrogens is 432 g/mol. The quantitative estimate of drug-likeness (QED) is 0.269. The molecule has 3 N–H and O–H groups in total. The van der Waals surface area contributed by atoms with Crippen LogP contribution in [0.2, 0.25) is 0 Å². The van der Waals surface area contributed by atoms with Crippen molar-refractivity contribution in [2.75, 3.05) is 13.1 Å². The van der Waals surface area contributed by atoms with E-state index >= 15 is 0 Å². The summed E-state index contributed by atoms with van der Waals surface area (Å²) in [5, 5.41) is 10.0. The zero-order valence-electron chi connectivity index (χ0n) is 17.3. The Kier molecular flexibility index (Phi) is 6.17. The summed E-state index contributed by atoms with van der Waals surface area (Å²) in [4.78, 5) is 29.1. The molecule has 0 radical (unpaired) electrons. The number of rotatable bonds is 8. The number of para-hydroxylation sites is 1. The summed E-state index contributed by atoms with van der Waals surface area (Å²) in [5.41, 5.74) is 3.09. The molecule has 1 aliphatic rings. The van der Waals surface area contributed by atoms with Gasteiger partial charge < -0.3 is 9.64 Å². The summed E-state index contributed by atoms with van der Waals surface area (Å²) in [6.45, 7) is 2.31. The normalized spacial score (nSPS) is 15.6. The number of hydrogen-bond donors (Lipinski definition) is 3. The van der Waals surface area contributed by atoms with Crippen LogP contribution in [0.3, 0.4) is 0 Å². The first kappa shape index (κ1) is 21.9. The smallest absolute Gasteiger partial charge is 0.268 e. The van der Waals surface area contributed by atoms with Gasteiger partial charge in [0.25, 0.3) is 5.91 Å². The third-order valence-corrected chi connectivity index (χ3v) is 6.56. The average molecular weight is 455 g/mol. The molecule has 0 saturated carbocycles. The Morgan fingerprint density at radius 1 is 1.25 bits per heavy atom. The Labute approximate surface area is 186 Å². The van der Waals surface area contributed by atoms with Crippen LogP contribution in [0.1, 0.15) is 11.3 Å². The van der Waals surface area contributed by atoms with Crippen LogP contribution in [0.5, 0.6) is 5.75 Å². The maximum atomic E-state index is 12.7. The predicted molar refractivity (Wildman–Crippen MR) is 117 cm³/mol. The molecule has 1 fully saturated rings. The van der Waals surface area contributed by atoms with E-state index in [2.05, 4.69) is 9.71 Å². The standard InChI is InChI=1S/C22H22N4O5S/c1-15-10-16(19-4-2-3-5-20(19)23-15)11-31-17-6-8-18(9-7-17)32(30)25-22(21(28)24-29)12-26(13-22)14-27/h2-10,14,25,29H,11-13H2,1H3,(H,24,28). The predicted octanol–water partition coefficient (Wildman–Crippen LogP) is 1.45. The van der Waals surface area contributed by atoms with Crippen LogP contribution in [0.4, 0.5) is 0 Å². The van der Waals surface area contributed by atoms with Crippen molar-refractivity contribution in [1.82, 2.24) is 20.1 Å². The van der Waals surface area contributed by atoms with Gasteiger partial charge in [-0.3, -0.25) is 19.8 Å². The van der Waals surface area contributed by atoms with E-state index < -0.39 is 22.4 Å². The number of aryl methyl sites for hydroxylation is 1. The van der Waals surface area contributed by atoms with Gasteiger partial charge in [-0.15, -0.1) is 0 Å². The van der Waals surface area contributed by atoms with Crippen molar-refractivity contribution >= 4 is 34.2 Å². The molecule has 1 atom stereocenters. The van der Waals surface area contributed by atoms with Gasteiger partial charge in [0.05, 0.1) is 23.5 Å². The lowest BCUT2D eigenvalue weighted by atomic mass is 9.91. The number of hydrogen-bond acceptors (Lipinski definition) is 6. The van der Waals surface area contributed by atoms with Crippen LogP contribution in [0.25, 0.3) is 10.9 Å². The summed E-state index contributed by atoms with van der Waals surface area (Å²) in [6.07, 6.45) is 0.590. The summed E-state index contributed by atoms with van der Waals surface area (Å²) in [7, 11) is -1.74. The minimum atomic E-state index is -1.74. The van der Waals surface area contributed by atoms with E-state index in [1.165, 1.54) is 4.90 Å². The molecule has 1 aromatic heterocycles. The van der Waals surface area contributed by atoms with Gasteiger partial charge in [0, 0.05) is 16.6 Å². The molecule has 0 bridgehead atoms. The molecule has 3 aromatic rings. The minimum absolute atomic E-state index is 0.00906. The molecule has 2 aromatic carbocycles. The van der Waals surface area contributed by atoms with Gasteiger partial charge in [-0.25, -0.2) is 14.4 Å². The first-order valence-electron chi connectivity index (χ1n) is 9.86. The monoisotopic (exact) mass is 454 g/mol. The lowest BCUT2D eigenvalue weighted by Gasteiger charge is -2.46. The fourth-order valence-electron chi connectivity index (χ4n) is 3.65. The first-order valence-corrected chi connectivity index (χ1v) is 11.0. The second-order valence-corrected chi connectivity index (χ2v) is 8.82. The van der Waals surface area contributed by atoms with Gasteiger partial charge in [-0.2, -0.15) is 0 Å². The average Bonchev–Trinajstić information content (AvgIpc) is 2.79. The number of carbonyl (C=O) groups is 2. The van der Waals surface area contributed by atoms with E-state index in [9.17, 15) is 13.8 Å². The van der Waals surface area contributed by atoms with E-state index in [-0.39, 0.29) is 13.1 Å². The number of fused-ring (bicyclic) bond motifs is 1. The third-order valence-electron chi connectivity index (χ3n) is 5.28. The van der Waals surface area contributed by atoms with Crippen LogP contribution >= 0.6 is 0 Å². The molecule has 1 aliphatic heterocycles. The van der Waals surface area contributed by atoms with Crippen LogP contribution in [0, 0.1) is 6.92 Å². The fraction of sp³-hybridized carbons (Fsp3) is 0.227. The highest BCUT2D eigenvalue weighted by Gasteiger charge is 2.50. The highest BCUT2D eigenvalue weighted by atomic mass is 32.2. The number of nitrogens with zero attached hydrogens (tertiary/aromatic N) is 2. The van der Waals surface area contributed by atoms with E-state index in [1.807, 2.05) is 37.3 Å². The molecule has 166 valence electrons. The molecular formula is C22H22N4O5S. The van der Waals surface area contributed by atoms with Crippen molar-refractivity contribution in [3.63, 3.8) is 0 Å². The summed E-state index contributed by atoms with van der Waals surface area (Å²) in [6, 6.07) is 16.5. The summed E-state index contributed by atoms with van der Waals surface area (Å²) in [5.74, 6) is -0.147. The zero-order valence-corrected chi connectivity index (χ0v) is 18.1. The van der Waals surface area contributed by atoms with Gasteiger partial charge >= 0.3 is 0 Å². The number of nitrogens with one attached hydrogen (secondary N) is 2. The third kappa shape index (κ3) is 4.33. The zero-order chi connectivity index (χ0) is 22.7. The Morgan fingerprint density at radius 3 is 2.66 bits per heavy atom. The van der Waals surface area contributed by atoms with Crippen LogP contribution in [-0.2, 0) is 27.2 Å². The number of hydroxylamine groups is 1. The molecule has 2 amide bonds. The first-order chi connectivity index (χ1) is 15.4. The van der Waals surface area contributed by atoms with Crippen LogP contribution in [-0.4, -0.2) is 50.2 Å². The number of amides is 2. The molecule has 1 unspecified atom stereocenters. The van der Waals surface area contributed by atoms with Gasteiger partial charge in [-0.1, -0.05) is 18.2 Å². The maximum absolute atomic E-state index is 12.7. The molecule has 9 nitrogen and oxygen atoms in total. The van der Waals surface area contributed by atoms with Gasteiger partial charge in [0.15, 0.2) is 0 Å². The van der Waals surface area contributed by atoms with E-state index in [0.29, 0.717) is 23.7 Å². The topological polar surface area (TPSA) is 121 Å². The van der Waals surface area contributed by atoms with Crippen LogP contribution in [0.15, 0.2) is 59.5 Å². The second-order valence-electron chi connectivity index (χ2n) is 7.60. The van der Waals surface area contributed by atoms with Crippen molar-refractivity contribution in [2.45, 2.75) is 24.0 Å². The Bertz CT molecular complexity index is 1180. The van der Waals surface area contributed by atoms with Crippen molar-refractivity contribution in [1.29, 1.82) is 0 Å². The van der Waals surface area contributed by atoms with E-state index in [1.54, 1.807) is 29.7 Å². The SMILES string of the molecule is Cc1cc(COc2ccc(S(=O)NC3(C(=O)NO)CN(C=O)C3)cc2)c2ccccc2n1. The van der Waals surface area contributed by atoms with Crippen molar-refractivity contribution in [3.05, 3.63) is 65.9 Å². The maximum Gasteiger partial charge on any atom is 0.268 e. The number of pyridine rings is 1.